The second-order valence-electron chi connectivity index (χ2n) is 7.44. The van der Waals surface area contributed by atoms with Crippen molar-refractivity contribution in [1.29, 1.82) is 0 Å². The van der Waals surface area contributed by atoms with Crippen LogP contribution >= 0.6 is 11.3 Å². The molecule has 3 heterocycles. The minimum absolute atomic E-state index is 0.0199. The van der Waals surface area contributed by atoms with Gasteiger partial charge in [0.15, 0.2) is 0 Å². The van der Waals surface area contributed by atoms with Crippen LogP contribution in [0, 0.1) is 6.92 Å². The molecule has 1 aliphatic rings. The van der Waals surface area contributed by atoms with Gasteiger partial charge in [0.25, 0.3) is 5.56 Å². The van der Waals surface area contributed by atoms with Crippen LogP contribution in [0.1, 0.15) is 40.9 Å². The fourth-order valence-corrected chi connectivity index (χ4v) is 5.01. The molecular formula is C22H26N4O3S. The summed E-state index contributed by atoms with van der Waals surface area (Å²) in [6.45, 7) is 9.52. The highest BCUT2D eigenvalue weighted by atomic mass is 32.1. The quantitative estimate of drug-likeness (QED) is 0.631. The number of piperazine rings is 1. The number of hydrogen-bond donors (Lipinski definition) is 1. The molecule has 1 fully saturated rings. The molecule has 1 aliphatic heterocycles. The number of nitrogens with zero attached hydrogens (tertiary/aromatic N) is 3. The van der Waals surface area contributed by atoms with Gasteiger partial charge in [0.2, 0.25) is 0 Å². The summed E-state index contributed by atoms with van der Waals surface area (Å²) in [6.07, 6.45) is 0. The average molecular weight is 427 g/mol. The molecule has 3 aromatic rings. The Hall–Kier alpha value is -2.71. The Balaban J connectivity index is 1.54. The minimum atomic E-state index is -0.399. The van der Waals surface area contributed by atoms with E-state index in [9.17, 15) is 9.59 Å². The van der Waals surface area contributed by atoms with Crippen molar-refractivity contribution in [2.24, 2.45) is 0 Å². The van der Waals surface area contributed by atoms with Crippen LogP contribution < -0.4 is 10.5 Å². The first-order valence-electron chi connectivity index (χ1n) is 10.2. The first-order valence-corrected chi connectivity index (χ1v) is 11.1. The molecule has 30 heavy (non-hydrogen) atoms. The molecule has 1 atom stereocenters. The average Bonchev–Trinajstić information content (AvgIpc) is 3.11. The van der Waals surface area contributed by atoms with Crippen LogP contribution in [0.3, 0.4) is 0 Å². The molecule has 0 saturated carbocycles. The van der Waals surface area contributed by atoms with E-state index in [0.717, 1.165) is 26.2 Å². The van der Waals surface area contributed by atoms with Gasteiger partial charge in [-0.15, -0.1) is 11.3 Å². The fraction of sp³-hybridized carbons (Fsp3) is 0.409. The molecule has 7 nitrogen and oxygen atoms in total. The molecule has 2 aromatic heterocycles. The van der Waals surface area contributed by atoms with Gasteiger partial charge < -0.3 is 14.6 Å². The Morgan fingerprint density at radius 2 is 1.93 bits per heavy atom. The largest absolute Gasteiger partial charge is 0.462 e. The van der Waals surface area contributed by atoms with E-state index >= 15 is 0 Å². The van der Waals surface area contributed by atoms with Crippen molar-refractivity contribution in [2.75, 3.05) is 37.7 Å². The summed E-state index contributed by atoms with van der Waals surface area (Å²) in [5.41, 5.74) is 1.67. The summed E-state index contributed by atoms with van der Waals surface area (Å²) in [5, 5.41) is 0.480. The molecule has 0 spiro atoms. The number of aryl methyl sites for hydroxylation is 1. The van der Waals surface area contributed by atoms with Crippen molar-refractivity contribution < 1.29 is 9.53 Å². The van der Waals surface area contributed by atoms with Gasteiger partial charge in [-0.3, -0.25) is 9.69 Å². The number of nitrogens with one attached hydrogen (secondary N) is 1. The van der Waals surface area contributed by atoms with Gasteiger partial charge in [0.1, 0.15) is 15.5 Å². The lowest BCUT2D eigenvalue weighted by Crippen LogP contribution is -2.47. The van der Waals surface area contributed by atoms with Crippen LogP contribution in [0.25, 0.3) is 10.2 Å². The second-order valence-corrected chi connectivity index (χ2v) is 8.44. The summed E-state index contributed by atoms with van der Waals surface area (Å²) in [5.74, 6) is 0.237. The Morgan fingerprint density at radius 1 is 1.23 bits per heavy atom. The van der Waals surface area contributed by atoms with E-state index in [0.29, 0.717) is 33.1 Å². The number of fused-ring (bicyclic) bond motifs is 1. The molecule has 158 valence electrons. The monoisotopic (exact) mass is 426 g/mol. The SMILES string of the molecule is CCOC(=O)c1sc2nc([C@H](C)N3CCN(c4ccccc4)CC3)[nH]c(=O)c2c1C. The number of thiophene rings is 1. The number of aromatic nitrogens is 2. The normalized spacial score (nSPS) is 16.0. The minimum Gasteiger partial charge on any atom is -0.462 e. The number of rotatable bonds is 5. The smallest absolute Gasteiger partial charge is 0.348 e. The number of hydrogen-bond acceptors (Lipinski definition) is 7. The first-order chi connectivity index (χ1) is 14.5. The van der Waals surface area contributed by atoms with E-state index in [-0.39, 0.29) is 11.6 Å². The maximum absolute atomic E-state index is 12.8. The molecule has 1 N–H and O–H groups in total. The van der Waals surface area contributed by atoms with Gasteiger partial charge in [-0.1, -0.05) is 18.2 Å². The predicted octanol–water partition coefficient (Wildman–Crippen LogP) is 3.35. The number of anilines is 1. The van der Waals surface area contributed by atoms with Crippen LogP contribution in [0.2, 0.25) is 0 Å². The number of carbonyl (C=O) groups excluding carboxylic acids is 1. The van der Waals surface area contributed by atoms with Gasteiger partial charge in [0.05, 0.1) is 18.0 Å². The van der Waals surface area contributed by atoms with Crippen LogP contribution in [-0.4, -0.2) is 53.6 Å². The maximum Gasteiger partial charge on any atom is 0.348 e. The Labute approximate surface area is 179 Å². The van der Waals surface area contributed by atoms with Crippen molar-refractivity contribution >= 4 is 33.2 Å². The topological polar surface area (TPSA) is 78.5 Å². The lowest BCUT2D eigenvalue weighted by atomic mass is 10.2. The third-order valence-corrected chi connectivity index (χ3v) is 6.82. The number of ether oxygens (including phenoxy) is 1. The Kier molecular flexibility index (Phi) is 5.87. The van der Waals surface area contributed by atoms with Crippen molar-refractivity contribution in [1.82, 2.24) is 14.9 Å². The molecule has 0 radical (unpaired) electrons. The molecule has 0 aliphatic carbocycles. The molecule has 0 unspecified atom stereocenters. The molecular weight excluding hydrogens is 400 g/mol. The summed E-state index contributed by atoms with van der Waals surface area (Å²) in [6, 6.07) is 10.4. The van der Waals surface area contributed by atoms with Crippen LogP contribution in [-0.2, 0) is 4.74 Å². The maximum atomic E-state index is 12.8. The van der Waals surface area contributed by atoms with Crippen molar-refractivity contribution in [3.8, 4) is 0 Å². The van der Waals surface area contributed by atoms with Crippen LogP contribution in [0.5, 0.6) is 0 Å². The van der Waals surface area contributed by atoms with E-state index < -0.39 is 5.97 Å². The number of H-pyrrole nitrogens is 1. The van der Waals surface area contributed by atoms with E-state index in [4.69, 9.17) is 9.72 Å². The van der Waals surface area contributed by atoms with Crippen LogP contribution in [0.4, 0.5) is 5.69 Å². The van der Waals surface area contributed by atoms with E-state index in [1.165, 1.54) is 17.0 Å². The highest BCUT2D eigenvalue weighted by molar-refractivity contribution is 7.20. The Bertz CT molecular complexity index is 1100. The summed E-state index contributed by atoms with van der Waals surface area (Å²) >= 11 is 1.23. The van der Waals surface area contributed by atoms with Crippen LogP contribution in [0.15, 0.2) is 35.1 Å². The standard InChI is InChI=1S/C22H26N4O3S/c1-4-29-22(28)18-14(2)17-20(27)23-19(24-21(17)30-18)15(3)25-10-12-26(13-11-25)16-8-6-5-7-9-16/h5-9,15H,4,10-13H2,1-3H3,(H,23,24,27)/t15-/m0/s1. The Morgan fingerprint density at radius 3 is 2.60 bits per heavy atom. The predicted molar refractivity (Wildman–Crippen MR) is 120 cm³/mol. The van der Waals surface area contributed by atoms with Crippen molar-refractivity contribution in [3.63, 3.8) is 0 Å². The van der Waals surface area contributed by atoms with Crippen molar-refractivity contribution in [3.05, 3.63) is 57.0 Å². The highest BCUT2D eigenvalue weighted by Crippen LogP contribution is 2.29. The van der Waals surface area contributed by atoms with Gasteiger partial charge in [0, 0.05) is 31.9 Å². The number of benzene rings is 1. The molecule has 0 amide bonds. The number of esters is 1. The molecule has 0 bridgehead atoms. The third-order valence-electron chi connectivity index (χ3n) is 5.66. The lowest BCUT2D eigenvalue weighted by molar-refractivity contribution is 0.0531. The molecule has 1 saturated heterocycles. The number of para-hydroxylation sites is 1. The van der Waals surface area contributed by atoms with E-state index in [1.54, 1.807) is 13.8 Å². The summed E-state index contributed by atoms with van der Waals surface area (Å²) in [7, 11) is 0. The molecule has 4 rings (SSSR count). The second kappa shape index (κ2) is 8.57. The highest BCUT2D eigenvalue weighted by Gasteiger charge is 2.26. The zero-order chi connectivity index (χ0) is 21.3. The molecule has 8 heteroatoms. The van der Waals surface area contributed by atoms with Gasteiger partial charge >= 0.3 is 5.97 Å². The van der Waals surface area contributed by atoms with Crippen molar-refractivity contribution in [2.45, 2.75) is 26.8 Å². The fourth-order valence-electron chi connectivity index (χ4n) is 3.93. The van der Waals surface area contributed by atoms with E-state index in [1.807, 2.05) is 6.07 Å². The molecule has 1 aromatic carbocycles. The number of carbonyl (C=O) groups is 1. The van der Waals surface area contributed by atoms with Gasteiger partial charge in [-0.2, -0.15) is 0 Å². The van der Waals surface area contributed by atoms with E-state index in [2.05, 4.69) is 46.0 Å². The number of aromatic amines is 1. The van der Waals surface area contributed by atoms with Gasteiger partial charge in [-0.25, -0.2) is 9.78 Å². The van der Waals surface area contributed by atoms with Gasteiger partial charge in [-0.05, 0) is 38.5 Å². The summed E-state index contributed by atoms with van der Waals surface area (Å²) in [4.78, 5) is 38.4. The zero-order valence-corrected chi connectivity index (χ0v) is 18.3. The lowest BCUT2D eigenvalue weighted by Gasteiger charge is -2.38. The zero-order valence-electron chi connectivity index (χ0n) is 17.5. The first kappa shape index (κ1) is 20.6. The summed E-state index contributed by atoms with van der Waals surface area (Å²) < 4.78 is 5.12. The third kappa shape index (κ3) is 3.85.